The van der Waals surface area contributed by atoms with Crippen molar-refractivity contribution in [3.63, 3.8) is 0 Å². The number of fused-ring (bicyclic) bond motifs is 1. The largest absolute Gasteiger partial charge is 0.394 e. The van der Waals surface area contributed by atoms with Crippen LogP contribution in [0.25, 0.3) is 10.9 Å². The molecule has 0 aliphatic heterocycles. The molecular formula is C25H21ClFNO2. The lowest BCUT2D eigenvalue weighted by atomic mass is 10.0. The van der Waals surface area contributed by atoms with E-state index >= 15 is 0 Å². The first kappa shape index (κ1) is 20.3. The van der Waals surface area contributed by atoms with Gasteiger partial charge in [-0.2, -0.15) is 0 Å². The van der Waals surface area contributed by atoms with E-state index in [0.29, 0.717) is 23.8 Å². The highest BCUT2D eigenvalue weighted by Gasteiger charge is 2.15. The molecule has 0 fully saturated rings. The van der Waals surface area contributed by atoms with Gasteiger partial charge < -0.3 is 9.67 Å². The number of hydrogen-bond acceptors (Lipinski definition) is 2. The highest BCUT2D eigenvalue weighted by Crippen LogP contribution is 2.24. The Morgan fingerprint density at radius 2 is 1.77 bits per heavy atom. The molecule has 3 aromatic carbocycles. The third kappa shape index (κ3) is 4.16. The van der Waals surface area contributed by atoms with Gasteiger partial charge in [0.25, 0.3) is 0 Å². The first-order valence-electron chi connectivity index (χ1n) is 9.78. The SMILES string of the molecule is O=c1ccn([C@H](CO)Cc2ccccc2)c2ccc(Cc3cccc(Cl)c3F)cc12. The summed E-state index contributed by atoms with van der Waals surface area (Å²) in [5, 5.41) is 10.7. The molecule has 4 aromatic rings. The average Bonchev–Trinajstić information content (AvgIpc) is 2.77. The van der Waals surface area contributed by atoms with E-state index in [2.05, 4.69) is 0 Å². The van der Waals surface area contributed by atoms with Gasteiger partial charge in [-0.15, -0.1) is 0 Å². The third-order valence-electron chi connectivity index (χ3n) is 5.34. The zero-order chi connectivity index (χ0) is 21.1. The summed E-state index contributed by atoms with van der Waals surface area (Å²) in [6.07, 6.45) is 2.71. The lowest BCUT2D eigenvalue weighted by Crippen LogP contribution is -2.19. The van der Waals surface area contributed by atoms with Crippen molar-refractivity contribution < 1.29 is 9.50 Å². The standard InChI is InChI=1S/C25H21ClFNO2/c26-22-8-4-7-19(25(22)27)13-18-9-10-23-21(15-18)24(30)11-12-28(23)20(16-29)14-17-5-2-1-3-6-17/h1-12,15,20,29H,13-14,16H2/t20-/m0/s1. The van der Waals surface area contributed by atoms with Gasteiger partial charge in [0.1, 0.15) is 5.82 Å². The molecule has 1 atom stereocenters. The minimum Gasteiger partial charge on any atom is -0.394 e. The zero-order valence-electron chi connectivity index (χ0n) is 16.3. The van der Waals surface area contributed by atoms with Crippen LogP contribution in [0, 0.1) is 5.82 Å². The summed E-state index contributed by atoms with van der Waals surface area (Å²) in [6.45, 7) is -0.0532. The summed E-state index contributed by atoms with van der Waals surface area (Å²) < 4.78 is 16.2. The number of benzene rings is 3. The monoisotopic (exact) mass is 421 g/mol. The molecule has 1 N–H and O–H groups in total. The fourth-order valence-electron chi connectivity index (χ4n) is 3.79. The van der Waals surface area contributed by atoms with Crippen LogP contribution in [-0.4, -0.2) is 16.3 Å². The molecule has 4 rings (SSSR count). The normalized spacial score (nSPS) is 12.2. The predicted molar refractivity (Wildman–Crippen MR) is 119 cm³/mol. The first-order chi connectivity index (χ1) is 14.6. The van der Waals surface area contributed by atoms with E-state index in [1.54, 1.807) is 24.4 Å². The first-order valence-corrected chi connectivity index (χ1v) is 10.2. The highest BCUT2D eigenvalue weighted by molar-refractivity contribution is 6.30. The molecule has 5 heteroatoms. The smallest absolute Gasteiger partial charge is 0.189 e. The predicted octanol–water partition coefficient (Wildman–Crippen LogP) is 5.16. The van der Waals surface area contributed by atoms with Crippen LogP contribution in [0.15, 0.2) is 83.8 Å². The molecule has 0 saturated heterocycles. The van der Waals surface area contributed by atoms with E-state index in [1.165, 1.54) is 12.1 Å². The van der Waals surface area contributed by atoms with Gasteiger partial charge in [0.15, 0.2) is 5.43 Å². The Balaban J connectivity index is 1.72. The maximum absolute atomic E-state index is 14.3. The van der Waals surface area contributed by atoms with E-state index in [1.807, 2.05) is 47.0 Å². The second-order valence-corrected chi connectivity index (χ2v) is 7.76. The quantitative estimate of drug-likeness (QED) is 0.467. The Hall–Kier alpha value is -2.95. The Kier molecular flexibility index (Phi) is 5.98. The molecule has 0 spiro atoms. The lowest BCUT2D eigenvalue weighted by Gasteiger charge is -2.21. The summed E-state index contributed by atoms with van der Waals surface area (Å²) in [5.41, 5.74) is 3.05. The third-order valence-corrected chi connectivity index (χ3v) is 5.63. The highest BCUT2D eigenvalue weighted by atomic mass is 35.5. The molecule has 0 radical (unpaired) electrons. The number of hydrogen-bond donors (Lipinski definition) is 1. The van der Waals surface area contributed by atoms with Gasteiger partial charge in [-0.05, 0) is 41.3 Å². The number of halogens is 2. The molecule has 3 nitrogen and oxygen atoms in total. The lowest BCUT2D eigenvalue weighted by molar-refractivity contribution is 0.230. The van der Waals surface area contributed by atoms with Gasteiger partial charge in [-0.25, -0.2) is 4.39 Å². The maximum atomic E-state index is 14.3. The number of rotatable bonds is 6. The van der Waals surface area contributed by atoms with Crippen molar-refractivity contribution in [1.82, 2.24) is 4.57 Å². The molecule has 0 saturated carbocycles. The molecular weight excluding hydrogens is 401 g/mol. The van der Waals surface area contributed by atoms with Crippen molar-refractivity contribution in [3.8, 4) is 0 Å². The Labute approximate surface area is 179 Å². The van der Waals surface area contributed by atoms with Crippen LogP contribution < -0.4 is 5.43 Å². The fraction of sp³-hybridized carbons (Fsp3) is 0.160. The fourth-order valence-corrected chi connectivity index (χ4v) is 3.99. The Bertz CT molecular complexity index is 1240. The Morgan fingerprint density at radius 3 is 2.53 bits per heavy atom. The molecule has 30 heavy (non-hydrogen) atoms. The second-order valence-electron chi connectivity index (χ2n) is 7.35. The molecule has 0 aliphatic rings. The second kappa shape index (κ2) is 8.82. The minimum absolute atomic E-state index is 0.0532. The van der Waals surface area contributed by atoms with Gasteiger partial charge in [-0.1, -0.05) is 60.1 Å². The van der Waals surface area contributed by atoms with Gasteiger partial charge in [-0.3, -0.25) is 4.79 Å². The van der Waals surface area contributed by atoms with Crippen molar-refractivity contribution in [3.05, 3.63) is 117 Å². The molecule has 1 aromatic heterocycles. The number of aromatic nitrogens is 1. The van der Waals surface area contributed by atoms with Gasteiger partial charge in [0.2, 0.25) is 0 Å². The Morgan fingerprint density at radius 1 is 0.967 bits per heavy atom. The van der Waals surface area contributed by atoms with Crippen LogP contribution in [0.1, 0.15) is 22.7 Å². The topological polar surface area (TPSA) is 42.2 Å². The summed E-state index contributed by atoms with van der Waals surface area (Å²) in [4.78, 5) is 12.6. The van der Waals surface area contributed by atoms with Gasteiger partial charge in [0, 0.05) is 24.1 Å². The average molecular weight is 422 g/mol. The number of pyridine rings is 1. The van der Waals surface area contributed by atoms with Gasteiger partial charge in [0.05, 0.1) is 23.2 Å². The van der Waals surface area contributed by atoms with Crippen molar-refractivity contribution in [1.29, 1.82) is 0 Å². The van der Waals surface area contributed by atoms with E-state index in [4.69, 9.17) is 11.6 Å². The number of aliphatic hydroxyl groups excluding tert-OH is 1. The molecule has 152 valence electrons. The number of aliphatic hydroxyl groups is 1. The van der Waals surface area contributed by atoms with E-state index in [0.717, 1.165) is 16.6 Å². The zero-order valence-corrected chi connectivity index (χ0v) is 17.0. The summed E-state index contributed by atoms with van der Waals surface area (Å²) >= 11 is 5.89. The van der Waals surface area contributed by atoms with E-state index in [9.17, 15) is 14.3 Å². The molecule has 0 aliphatic carbocycles. The van der Waals surface area contributed by atoms with Gasteiger partial charge >= 0.3 is 0 Å². The van der Waals surface area contributed by atoms with Crippen molar-refractivity contribution in [2.24, 2.45) is 0 Å². The van der Waals surface area contributed by atoms with Crippen LogP contribution >= 0.6 is 11.6 Å². The van der Waals surface area contributed by atoms with Crippen molar-refractivity contribution in [2.75, 3.05) is 6.61 Å². The summed E-state index contributed by atoms with van der Waals surface area (Å²) in [5.74, 6) is -0.437. The summed E-state index contributed by atoms with van der Waals surface area (Å²) in [7, 11) is 0. The van der Waals surface area contributed by atoms with Crippen LogP contribution in [0.3, 0.4) is 0 Å². The summed E-state index contributed by atoms with van der Waals surface area (Å²) in [6, 6.07) is 21.7. The number of nitrogens with zero attached hydrogens (tertiary/aromatic N) is 1. The van der Waals surface area contributed by atoms with Crippen LogP contribution in [0.4, 0.5) is 4.39 Å². The minimum atomic E-state index is -0.437. The van der Waals surface area contributed by atoms with E-state index < -0.39 is 5.82 Å². The van der Waals surface area contributed by atoms with Crippen molar-refractivity contribution in [2.45, 2.75) is 18.9 Å². The maximum Gasteiger partial charge on any atom is 0.189 e. The van der Waals surface area contributed by atoms with Crippen LogP contribution in [0.2, 0.25) is 5.02 Å². The molecule has 0 bridgehead atoms. The van der Waals surface area contributed by atoms with E-state index in [-0.39, 0.29) is 23.1 Å². The van der Waals surface area contributed by atoms with Crippen LogP contribution in [0.5, 0.6) is 0 Å². The molecule has 0 amide bonds. The molecule has 1 heterocycles. The molecule has 0 unspecified atom stereocenters. The van der Waals surface area contributed by atoms with Crippen molar-refractivity contribution >= 4 is 22.5 Å². The van der Waals surface area contributed by atoms with Crippen LogP contribution in [-0.2, 0) is 12.8 Å².